The number of hydrogen-bond donors (Lipinski definition) is 3. The molecule has 0 aromatic heterocycles. The van der Waals surface area contributed by atoms with Crippen molar-refractivity contribution in [3.63, 3.8) is 0 Å². The van der Waals surface area contributed by atoms with Gasteiger partial charge in [-0.05, 0) is 31.2 Å². The van der Waals surface area contributed by atoms with Crippen molar-refractivity contribution in [2.45, 2.75) is 154 Å². The Morgan fingerprint density at radius 2 is 1.45 bits per heavy atom. The van der Waals surface area contributed by atoms with Gasteiger partial charge >= 0.3 is 0 Å². The van der Waals surface area contributed by atoms with E-state index in [9.17, 15) is 9.90 Å². The van der Waals surface area contributed by atoms with Gasteiger partial charge in [0.15, 0.2) is 0 Å². The van der Waals surface area contributed by atoms with E-state index in [1.165, 1.54) is 77.0 Å². The number of aliphatic hydroxyl groups excluding tert-OH is 1. The van der Waals surface area contributed by atoms with Crippen LogP contribution in [0.5, 0.6) is 0 Å². The van der Waals surface area contributed by atoms with Crippen molar-refractivity contribution in [1.82, 2.24) is 5.32 Å². The molecule has 218 valence electrons. The fourth-order valence-electron chi connectivity index (χ4n) is 4.88. The summed E-state index contributed by atoms with van der Waals surface area (Å²) in [5.41, 5.74) is 6.93. The predicted molar refractivity (Wildman–Crippen MR) is 161 cm³/mol. The number of unbranched alkanes of at least 4 members (excludes halogenated alkanes) is 14. The first kappa shape index (κ1) is 34.3. The fraction of sp³-hybridized carbons (Fsp3) is 0.727. The van der Waals surface area contributed by atoms with Crippen LogP contribution >= 0.6 is 0 Å². The third kappa shape index (κ3) is 19.4. The second-order valence-electron chi connectivity index (χ2n) is 10.9. The topological polar surface area (TPSA) is 84.6 Å². The van der Waals surface area contributed by atoms with Gasteiger partial charge in [0.25, 0.3) is 0 Å². The summed E-state index contributed by atoms with van der Waals surface area (Å²) in [4.78, 5) is 12.9. The highest BCUT2D eigenvalue weighted by Crippen LogP contribution is 2.17. The highest BCUT2D eigenvalue weighted by molar-refractivity contribution is 5.76. The smallest absolute Gasteiger partial charge is 0.222 e. The van der Waals surface area contributed by atoms with E-state index in [4.69, 9.17) is 10.5 Å². The van der Waals surface area contributed by atoms with Crippen LogP contribution < -0.4 is 11.1 Å². The van der Waals surface area contributed by atoms with Crippen molar-refractivity contribution < 1.29 is 14.6 Å². The van der Waals surface area contributed by atoms with Crippen LogP contribution in [0.1, 0.15) is 134 Å². The minimum atomic E-state index is -1.05. The van der Waals surface area contributed by atoms with E-state index in [0.717, 1.165) is 37.7 Å². The molecule has 0 aliphatic carbocycles. The Hall–Kier alpha value is -1.69. The standard InChI is InChI=1S/C33H58N2O3/c1-3-5-7-9-11-13-14-16-21-25-30(38-28-29-23-19-18-20-24-29)27-32(36)35-31(33(34)37)26-22-17-15-12-10-8-6-4-2/h4,18-20,23-24,30-31,33,37H,2-3,5-17,21-22,25-28,34H2,1H3,(H,35,36)/t30-,31-,33?/m1/s1. The van der Waals surface area contributed by atoms with Gasteiger partial charge < -0.3 is 20.9 Å². The maximum absolute atomic E-state index is 12.9. The average molecular weight is 531 g/mol. The number of rotatable bonds is 26. The second-order valence-corrected chi connectivity index (χ2v) is 10.9. The minimum absolute atomic E-state index is 0.0853. The van der Waals surface area contributed by atoms with Gasteiger partial charge in [-0.1, -0.05) is 133 Å². The molecule has 0 saturated heterocycles. The first-order valence-electron chi connectivity index (χ1n) is 15.6. The number of benzene rings is 1. The van der Waals surface area contributed by atoms with E-state index < -0.39 is 12.3 Å². The molecule has 0 aliphatic heterocycles. The predicted octanol–water partition coefficient (Wildman–Crippen LogP) is 7.95. The van der Waals surface area contributed by atoms with Gasteiger partial charge in [0.1, 0.15) is 6.23 Å². The first-order valence-corrected chi connectivity index (χ1v) is 15.6. The van der Waals surface area contributed by atoms with Crippen LogP contribution in [-0.2, 0) is 16.1 Å². The summed E-state index contributed by atoms with van der Waals surface area (Å²) in [6.07, 6.45) is 22.1. The Balaban J connectivity index is 2.42. The first-order chi connectivity index (χ1) is 18.6. The lowest BCUT2D eigenvalue weighted by Gasteiger charge is -2.23. The molecule has 0 heterocycles. The van der Waals surface area contributed by atoms with Crippen LogP contribution in [0, 0.1) is 0 Å². The Kier molecular flexibility index (Phi) is 22.0. The van der Waals surface area contributed by atoms with Gasteiger partial charge in [-0.3, -0.25) is 4.79 Å². The third-order valence-electron chi connectivity index (χ3n) is 7.30. The lowest BCUT2D eigenvalue weighted by Crippen LogP contribution is -2.48. The number of aliphatic hydroxyl groups is 1. The lowest BCUT2D eigenvalue weighted by molar-refractivity contribution is -0.126. The molecule has 0 spiro atoms. The fourth-order valence-corrected chi connectivity index (χ4v) is 4.88. The van der Waals surface area contributed by atoms with Crippen molar-refractivity contribution in [2.75, 3.05) is 0 Å². The Morgan fingerprint density at radius 3 is 2.03 bits per heavy atom. The molecule has 1 unspecified atom stereocenters. The maximum atomic E-state index is 12.9. The number of carbonyl (C=O) groups excluding carboxylic acids is 1. The molecule has 3 atom stereocenters. The Labute approximate surface area is 234 Å². The molecule has 38 heavy (non-hydrogen) atoms. The quantitative estimate of drug-likeness (QED) is 0.0644. The highest BCUT2D eigenvalue weighted by Gasteiger charge is 2.21. The number of allylic oxidation sites excluding steroid dienone is 1. The van der Waals surface area contributed by atoms with Crippen molar-refractivity contribution in [2.24, 2.45) is 5.73 Å². The van der Waals surface area contributed by atoms with Gasteiger partial charge in [0.2, 0.25) is 5.91 Å². The SMILES string of the molecule is C=CCCCCCCCC[C@@H](NC(=O)C[C@@H](CCCCCCCCCCC)OCc1ccccc1)C(N)O. The molecule has 1 aromatic carbocycles. The molecule has 4 N–H and O–H groups in total. The van der Waals surface area contributed by atoms with Crippen LogP contribution in [0.3, 0.4) is 0 Å². The van der Waals surface area contributed by atoms with E-state index in [2.05, 4.69) is 31.0 Å². The molecule has 0 radical (unpaired) electrons. The largest absolute Gasteiger partial charge is 0.377 e. The molecule has 1 rings (SSSR count). The van der Waals surface area contributed by atoms with Gasteiger partial charge in [-0.2, -0.15) is 0 Å². The van der Waals surface area contributed by atoms with Gasteiger partial charge in [-0.25, -0.2) is 0 Å². The summed E-state index contributed by atoms with van der Waals surface area (Å²) in [6, 6.07) is 9.71. The average Bonchev–Trinajstić information content (AvgIpc) is 2.91. The van der Waals surface area contributed by atoms with E-state index >= 15 is 0 Å². The third-order valence-corrected chi connectivity index (χ3v) is 7.30. The number of hydrogen-bond acceptors (Lipinski definition) is 4. The summed E-state index contributed by atoms with van der Waals surface area (Å²) in [5, 5.41) is 13.1. The molecule has 0 bridgehead atoms. The number of carbonyl (C=O) groups is 1. The van der Waals surface area contributed by atoms with E-state index in [-0.39, 0.29) is 12.0 Å². The van der Waals surface area contributed by atoms with Crippen LogP contribution in [-0.4, -0.2) is 29.4 Å². The molecule has 5 heteroatoms. The van der Waals surface area contributed by atoms with Crippen molar-refractivity contribution in [3.05, 3.63) is 48.6 Å². The molecule has 1 amide bonds. The molecule has 0 fully saturated rings. The number of nitrogens with one attached hydrogen (secondary N) is 1. The molecule has 0 saturated carbocycles. The summed E-state index contributed by atoms with van der Waals surface area (Å²) >= 11 is 0. The number of ether oxygens (including phenoxy) is 1. The number of nitrogens with two attached hydrogens (primary N) is 1. The summed E-state index contributed by atoms with van der Waals surface area (Å²) in [5.74, 6) is -0.0853. The molecule has 5 nitrogen and oxygen atoms in total. The lowest BCUT2D eigenvalue weighted by atomic mass is 10.0. The molecular weight excluding hydrogens is 472 g/mol. The van der Waals surface area contributed by atoms with Crippen LogP contribution in [0.15, 0.2) is 43.0 Å². The Bertz CT molecular complexity index is 680. The zero-order valence-corrected chi connectivity index (χ0v) is 24.4. The van der Waals surface area contributed by atoms with Crippen LogP contribution in [0.2, 0.25) is 0 Å². The zero-order chi connectivity index (χ0) is 27.7. The van der Waals surface area contributed by atoms with Gasteiger partial charge in [-0.15, -0.1) is 6.58 Å². The summed E-state index contributed by atoms with van der Waals surface area (Å²) in [6.45, 7) is 6.53. The van der Waals surface area contributed by atoms with Crippen molar-refractivity contribution in [1.29, 1.82) is 0 Å². The van der Waals surface area contributed by atoms with Crippen molar-refractivity contribution in [3.8, 4) is 0 Å². The molecule has 1 aromatic rings. The van der Waals surface area contributed by atoms with Gasteiger partial charge in [0.05, 0.1) is 25.2 Å². The van der Waals surface area contributed by atoms with E-state index in [1.807, 2.05) is 24.3 Å². The van der Waals surface area contributed by atoms with Crippen molar-refractivity contribution >= 4 is 5.91 Å². The highest BCUT2D eigenvalue weighted by atomic mass is 16.5. The van der Waals surface area contributed by atoms with Crippen LogP contribution in [0.25, 0.3) is 0 Å². The normalized spacial score (nSPS) is 13.7. The monoisotopic (exact) mass is 530 g/mol. The second kappa shape index (κ2) is 24.4. The number of amides is 1. The maximum Gasteiger partial charge on any atom is 0.222 e. The molecule has 0 aliphatic rings. The minimum Gasteiger partial charge on any atom is -0.377 e. The summed E-state index contributed by atoms with van der Waals surface area (Å²) < 4.78 is 6.21. The van der Waals surface area contributed by atoms with Gasteiger partial charge in [0, 0.05) is 0 Å². The zero-order valence-electron chi connectivity index (χ0n) is 24.4. The Morgan fingerprint density at radius 1 is 0.895 bits per heavy atom. The van der Waals surface area contributed by atoms with E-state index in [1.54, 1.807) is 0 Å². The van der Waals surface area contributed by atoms with E-state index in [0.29, 0.717) is 19.4 Å². The summed E-state index contributed by atoms with van der Waals surface area (Å²) in [7, 11) is 0. The molecular formula is C33H58N2O3. The van der Waals surface area contributed by atoms with Crippen LogP contribution in [0.4, 0.5) is 0 Å².